The number of benzene rings is 1. The fourth-order valence-corrected chi connectivity index (χ4v) is 2.99. The van der Waals surface area contributed by atoms with Gasteiger partial charge in [-0.2, -0.15) is 0 Å². The molecule has 2 heterocycles. The molecule has 2 aliphatic heterocycles. The van der Waals surface area contributed by atoms with E-state index in [1.54, 1.807) is 0 Å². The van der Waals surface area contributed by atoms with Gasteiger partial charge < -0.3 is 15.0 Å². The van der Waals surface area contributed by atoms with Crippen LogP contribution in [0.15, 0.2) is 24.3 Å². The first-order valence-corrected chi connectivity index (χ1v) is 7.55. The van der Waals surface area contributed by atoms with Crippen LogP contribution >= 0.6 is 12.4 Å². The zero-order valence-corrected chi connectivity index (χ0v) is 13.0. The van der Waals surface area contributed by atoms with Gasteiger partial charge in [0.25, 0.3) is 0 Å². The highest BCUT2D eigenvalue weighted by atomic mass is 35.5. The number of fused-ring (bicyclic) bond motifs is 1. The van der Waals surface area contributed by atoms with Crippen molar-refractivity contribution in [3.05, 3.63) is 29.8 Å². The van der Waals surface area contributed by atoms with Crippen LogP contribution in [0.25, 0.3) is 0 Å². The maximum atomic E-state index is 12.6. The largest absolute Gasteiger partial charge is 0.378 e. The van der Waals surface area contributed by atoms with E-state index in [9.17, 15) is 4.79 Å². The van der Waals surface area contributed by atoms with Gasteiger partial charge in [-0.15, -0.1) is 12.4 Å². The minimum atomic E-state index is 0. The minimum Gasteiger partial charge on any atom is -0.378 e. The second kappa shape index (κ2) is 7.78. The molecule has 21 heavy (non-hydrogen) atoms. The third-order valence-electron chi connectivity index (χ3n) is 4.09. The first-order chi connectivity index (χ1) is 9.84. The molecule has 0 aliphatic carbocycles. The van der Waals surface area contributed by atoms with Crippen molar-refractivity contribution in [3.63, 3.8) is 0 Å². The summed E-state index contributed by atoms with van der Waals surface area (Å²) in [5, 5.41) is 3.37. The van der Waals surface area contributed by atoms with Gasteiger partial charge in [-0.3, -0.25) is 4.79 Å². The maximum Gasteiger partial charge on any atom is 0.229 e. The van der Waals surface area contributed by atoms with Gasteiger partial charge in [0.05, 0.1) is 12.5 Å². The molecule has 0 bridgehead atoms. The van der Waals surface area contributed by atoms with Crippen LogP contribution in [0, 0.1) is 0 Å². The summed E-state index contributed by atoms with van der Waals surface area (Å²) in [6, 6.07) is 8.16. The highest BCUT2D eigenvalue weighted by molar-refractivity contribution is 5.94. The molecule has 0 radical (unpaired) electrons. The number of hydrogen-bond donors (Lipinski definition) is 1. The van der Waals surface area contributed by atoms with E-state index < -0.39 is 0 Å². The SMILES string of the molecule is Cl.O=C(CC1CCCCO1)N1CCNCc2ccccc21. The van der Waals surface area contributed by atoms with Crippen molar-refractivity contribution in [1.82, 2.24) is 5.32 Å². The monoisotopic (exact) mass is 310 g/mol. The number of rotatable bonds is 2. The van der Waals surface area contributed by atoms with Crippen LogP contribution in [0.1, 0.15) is 31.2 Å². The number of hydrogen-bond acceptors (Lipinski definition) is 3. The number of amides is 1. The van der Waals surface area contributed by atoms with E-state index in [1.165, 1.54) is 12.0 Å². The highest BCUT2D eigenvalue weighted by Gasteiger charge is 2.24. The van der Waals surface area contributed by atoms with Crippen molar-refractivity contribution >= 4 is 24.0 Å². The molecule has 116 valence electrons. The van der Waals surface area contributed by atoms with Crippen LogP contribution in [-0.4, -0.2) is 31.7 Å². The summed E-state index contributed by atoms with van der Waals surface area (Å²) in [4.78, 5) is 14.5. The van der Waals surface area contributed by atoms with Gasteiger partial charge in [0, 0.05) is 31.9 Å². The molecule has 1 N–H and O–H groups in total. The summed E-state index contributed by atoms with van der Waals surface area (Å²) in [6.07, 6.45) is 3.94. The Bertz CT molecular complexity index is 475. The molecule has 0 saturated carbocycles. The number of para-hydroxylation sites is 1. The second-order valence-electron chi connectivity index (χ2n) is 5.54. The van der Waals surface area contributed by atoms with Crippen molar-refractivity contribution in [1.29, 1.82) is 0 Å². The Balaban J connectivity index is 0.00000161. The Hall–Kier alpha value is -1.10. The lowest BCUT2D eigenvalue weighted by Crippen LogP contribution is -2.37. The van der Waals surface area contributed by atoms with Crippen molar-refractivity contribution in [2.75, 3.05) is 24.6 Å². The Morgan fingerprint density at radius 3 is 3.00 bits per heavy atom. The average Bonchev–Trinajstić information content (AvgIpc) is 2.70. The molecule has 1 atom stereocenters. The lowest BCUT2D eigenvalue weighted by molar-refractivity contribution is -0.122. The quantitative estimate of drug-likeness (QED) is 0.912. The summed E-state index contributed by atoms with van der Waals surface area (Å²) in [6.45, 7) is 3.21. The van der Waals surface area contributed by atoms with E-state index in [0.717, 1.165) is 44.8 Å². The number of carbonyl (C=O) groups is 1. The molecule has 3 rings (SSSR count). The first kappa shape index (κ1) is 16.3. The van der Waals surface area contributed by atoms with Crippen molar-refractivity contribution in [3.8, 4) is 0 Å². The number of ether oxygens (including phenoxy) is 1. The van der Waals surface area contributed by atoms with Crippen molar-refractivity contribution in [2.45, 2.75) is 38.3 Å². The van der Waals surface area contributed by atoms with E-state index in [1.807, 2.05) is 23.1 Å². The predicted octanol–water partition coefficient (Wildman–Crippen LogP) is 2.50. The predicted molar refractivity (Wildman–Crippen MR) is 86.0 cm³/mol. The zero-order valence-electron chi connectivity index (χ0n) is 12.2. The summed E-state index contributed by atoms with van der Waals surface area (Å²) in [7, 11) is 0. The van der Waals surface area contributed by atoms with E-state index in [4.69, 9.17) is 4.74 Å². The van der Waals surface area contributed by atoms with Crippen LogP contribution in [0.5, 0.6) is 0 Å². The molecule has 1 aromatic carbocycles. The molecule has 1 aromatic rings. The second-order valence-corrected chi connectivity index (χ2v) is 5.54. The Labute approximate surface area is 132 Å². The molecule has 0 spiro atoms. The molecular formula is C16H23ClN2O2. The molecule has 1 fully saturated rings. The van der Waals surface area contributed by atoms with E-state index >= 15 is 0 Å². The van der Waals surface area contributed by atoms with Gasteiger partial charge in [0.1, 0.15) is 0 Å². The maximum absolute atomic E-state index is 12.6. The van der Waals surface area contributed by atoms with Crippen molar-refractivity contribution in [2.24, 2.45) is 0 Å². The van der Waals surface area contributed by atoms with Crippen LogP contribution in [-0.2, 0) is 16.1 Å². The fraction of sp³-hybridized carbons (Fsp3) is 0.562. The van der Waals surface area contributed by atoms with Gasteiger partial charge in [0.2, 0.25) is 5.91 Å². The molecule has 0 aromatic heterocycles. The number of anilines is 1. The lowest BCUT2D eigenvalue weighted by Gasteiger charge is -2.27. The first-order valence-electron chi connectivity index (χ1n) is 7.55. The molecule has 1 unspecified atom stereocenters. The lowest BCUT2D eigenvalue weighted by atomic mass is 10.1. The molecule has 2 aliphatic rings. The molecule has 5 heteroatoms. The average molecular weight is 311 g/mol. The standard InChI is InChI=1S/C16H22N2O2.ClH/c19-16(11-14-6-3-4-10-20-14)18-9-8-17-12-13-5-1-2-7-15(13)18;/h1-2,5,7,14,17H,3-4,6,8-12H2;1H. The minimum absolute atomic E-state index is 0. The van der Waals surface area contributed by atoms with E-state index in [2.05, 4.69) is 11.4 Å². The van der Waals surface area contributed by atoms with E-state index in [-0.39, 0.29) is 24.4 Å². The van der Waals surface area contributed by atoms with E-state index in [0.29, 0.717) is 6.42 Å². The van der Waals surface area contributed by atoms with Gasteiger partial charge in [-0.1, -0.05) is 18.2 Å². The molecule has 1 saturated heterocycles. The van der Waals surface area contributed by atoms with Crippen molar-refractivity contribution < 1.29 is 9.53 Å². The number of halogens is 1. The molecule has 1 amide bonds. The van der Waals surface area contributed by atoms with Crippen LogP contribution in [0.3, 0.4) is 0 Å². The number of nitrogens with one attached hydrogen (secondary N) is 1. The van der Waals surface area contributed by atoms with Gasteiger partial charge in [0.15, 0.2) is 0 Å². The number of nitrogens with zero attached hydrogens (tertiary/aromatic N) is 1. The highest BCUT2D eigenvalue weighted by Crippen LogP contribution is 2.24. The number of carbonyl (C=O) groups excluding carboxylic acids is 1. The third-order valence-corrected chi connectivity index (χ3v) is 4.09. The zero-order chi connectivity index (χ0) is 13.8. The molecular weight excluding hydrogens is 288 g/mol. The third kappa shape index (κ3) is 3.96. The summed E-state index contributed by atoms with van der Waals surface area (Å²) in [5.41, 5.74) is 2.25. The van der Waals surface area contributed by atoms with Crippen LogP contribution in [0.4, 0.5) is 5.69 Å². The smallest absolute Gasteiger partial charge is 0.229 e. The summed E-state index contributed by atoms with van der Waals surface area (Å²) >= 11 is 0. The van der Waals surface area contributed by atoms with Crippen LogP contribution in [0.2, 0.25) is 0 Å². The Morgan fingerprint density at radius 1 is 1.33 bits per heavy atom. The Kier molecular flexibility index (Phi) is 6.03. The topological polar surface area (TPSA) is 41.6 Å². The Morgan fingerprint density at radius 2 is 2.19 bits per heavy atom. The van der Waals surface area contributed by atoms with Crippen LogP contribution < -0.4 is 10.2 Å². The normalized spacial score (nSPS) is 21.9. The van der Waals surface area contributed by atoms with Gasteiger partial charge in [-0.25, -0.2) is 0 Å². The molecule has 4 nitrogen and oxygen atoms in total. The van der Waals surface area contributed by atoms with Gasteiger partial charge in [-0.05, 0) is 30.9 Å². The summed E-state index contributed by atoms with van der Waals surface area (Å²) in [5.74, 6) is 0.188. The summed E-state index contributed by atoms with van der Waals surface area (Å²) < 4.78 is 5.70. The van der Waals surface area contributed by atoms with Gasteiger partial charge >= 0.3 is 0 Å². The fourth-order valence-electron chi connectivity index (χ4n) is 2.99.